The summed E-state index contributed by atoms with van der Waals surface area (Å²) in [7, 11) is 2.02. The molecular weight excluding hydrogens is 369 g/mol. The van der Waals surface area contributed by atoms with E-state index in [1.54, 1.807) is 6.26 Å². The molecule has 1 amide bonds. The van der Waals surface area contributed by atoms with Gasteiger partial charge in [-0.25, -0.2) is 0 Å². The van der Waals surface area contributed by atoms with E-state index >= 15 is 0 Å². The van der Waals surface area contributed by atoms with Crippen molar-refractivity contribution >= 4 is 5.91 Å². The van der Waals surface area contributed by atoms with Crippen LogP contribution in [0, 0.1) is 0 Å². The maximum absolute atomic E-state index is 12.6. The fourth-order valence-corrected chi connectivity index (χ4v) is 3.83. The summed E-state index contributed by atoms with van der Waals surface area (Å²) in [5.41, 5.74) is 0.529. The zero-order chi connectivity index (χ0) is 20.1. The van der Waals surface area contributed by atoms with E-state index < -0.39 is 12.6 Å². The van der Waals surface area contributed by atoms with Gasteiger partial charge in [0.1, 0.15) is 5.76 Å². The van der Waals surface area contributed by atoms with E-state index in [-0.39, 0.29) is 23.6 Å². The van der Waals surface area contributed by atoms with Gasteiger partial charge < -0.3 is 9.73 Å². The third-order valence-corrected chi connectivity index (χ3v) is 5.22. The number of rotatable bonds is 6. The van der Waals surface area contributed by atoms with Gasteiger partial charge in [-0.15, -0.1) is 0 Å². The first-order valence-corrected chi connectivity index (χ1v) is 9.51. The van der Waals surface area contributed by atoms with E-state index in [2.05, 4.69) is 10.2 Å². The number of alkyl halides is 3. The summed E-state index contributed by atoms with van der Waals surface area (Å²) in [6.07, 6.45) is 0.407. The van der Waals surface area contributed by atoms with Crippen LogP contribution < -0.4 is 5.32 Å². The molecule has 0 bridgehead atoms. The first kappa shape index (κ1) is 20.5. The van der Waals surface area contributed by atoms with Crippen molar-refractivity contribution in [3.05, 3.63) is 59.5 Å². The molecule has 1 heterocycles. The molecular formula is C21H25F3N2O2. The van der Waals surface area contributed by atoms with Crippen molar-refractivity contribution in [1.29, 1.82) is 0 Å². The molecule has 152 valence electrons. The number of furan rings is 1. The Morgan fingerprint density at radius 3 is 2.54 bits per heavy atom. The number of likely N-dealkylation sites (N-methyl/N-ethyl adjacent to an activating group) is 1. The highest BCUT2D eigenvalue weighted by molar-refractivity contribution is 5.94. The molecule has 1 N–H and O–H groups in total. The number of nitrogens with zero attached hydrogens (tertiary/aromatic N) is 1. The molecule has 0 aliphatic heterocycles. The number of hydrogen-bond donors (Lipinski definition) is 1. The van der Waals surface area contributed by atoms with Crippen LogP contribution in [0.15, 0.2) is 47.1 Å². The van der Waals surface area contributed by atoms with Gasteiger partial charge >= 0.3 is 6.18 Å². The Bertz CT molecular complexity index is 757. The van der Waals surface area contributed by atoms with Crippen LogP contribution in [0.25, 0.3) is 0 Å². The molecule has 2 unspecified atom stereocenters. The van der Waals surface area contributed by atoms with Crippen LogP contribution in [0.4, 0.5) is 13.2 Å². The monoisotopic (exact) mass is 394 g/mol. The summed E-state index contributed by atoms with van der Waals surface area (Å²) in [5, 5.41) is 3.08. The summed E-state index contributed by atoms with van der Waals surface area (Å²) in [6, 6.07) is 9.61. The summed E-state index contributed by atoms with van der Waals surface area (Å²) in [6.45, 7) is 0.663. The van der Waals surface area contributed by atoms with Gasteiger partial charge in [0.25, 0.3) is 5.91 Å². The second-order valence-corrected chi connectivity index (χ2v) is 7.42. The van der Waals surface area contributed by atoms with Crippen molar-refractivity contribution in [2.75, 3.05) is 7.05 Å². The second kappa shape index (κ2) is 8.82. The van der Waals surface area contributed by atoms with Crippen molar-refractivity contribution in [2.45, 2.75) is 56.9 Å². The lowest BCUT2D eigenvalue weighted by molar-refractivity contribution is -0.127. The number of amides is 1. The number of benzene rings is 1. The fourth-order valence-electron chi connectivity index (χ4n) is 3.83. The Hall–Kier alpha value is -2.28. The molecule has 1 aliphatic rings. The van der Waals surface area contributed by atoms with Gasteiger partial charge in [-0.1, -0.05) is 25.0 Å². The largest absolute Gasteiger partial charge is 0.468 e. The second-order valence-electron chi connectivity index (χ2n) is 7.42. The van der Waals surface area contributed by atoms with Crippen LogP contribution in [0.5, 0.6) is 0 Å². The quantitative estimate of drug-likeness (QED) is 0.781. The highest BCUT2D eigenvalue weighted by Gasteiger charge is 2.30. The van der Waals surface area contributed by atoms with Gasteiger partial charge in [0.2, 0.25) is 0 Å². The predicted molar refractivity (Wildman–Crippen MR) is 99.9 cm³/mol. The van der Waals surface area contributed by atoms with Gasteiger partial charge in [0.05, 0.1) is 19.2 Å². The number of carbonyl (C=O) groups is 1. The van der Waals surface area contributed by atoms with E-state index in [4.69, 9.17) is 4.42 Å². The maximum Gasteiger partial charge on any atom is 0.393 e. The standard InChI is InChI=1S/C21H25F3N2O2/c1-26(14-17-5-4-12-28-17)19-7-3-2-6-18(19)25-20(27)16-10-8-15(9-11-16)13-21(22,23)24/h4-5,8-12,18-19H,2-3,6-7,13-14H2,1H3,(H,25,27). The molecule has 0 spiro atoms. The summed E-state index contributed by atoms with van der Waals surface area (Å²) in [4.78, 5) is 14.8. The smallest absolute Gasteiger partial charge is 0.393 e. The topological polar surface area (TPSA) is 45.5 Å². The van der Waals surface area contributed by atoms with Crippen LogP contribution in [0.2, 0.25) is 0 Å². The first-order valence-electron chi connectivity index (χ1n) is 9.51. The van der Waals surface area contributed by atoms with Crippen LogP contribution in [0.3, 0.4) is 0 Å². The SMILES string of the molecule is CN(Cc1ccco1)C1CCCCC1NC(=O)c1ccc(CC(F)(F)F)cc1. The van der Waals surface area contributed by atoms with Gasteiger partial charge in [-0.3, -0.25) is 9.69 Å². The zero-order valence-corrected chi connectivity index (χ0v) is 15.8. The van der Waals surface area contributed by atoms with Crippen LogP contribution in [-0.2, 0) is 13.0 Å². The van der Waals surface area contributed by atoms with Gasteiger partial charge in [-0.2, -0.15) is 13.2 Å². The Labute approximate surface area is 162 Å². The van der Waals surface area contributed by atoms with Crippen molar-refractivity contribution < 1.29 is 22.4 Å². The number of hydrogen-bond acceptors (Lipinski definition) is 3. The third kappa shape index (κ3) is 5.61. The van der Waals surface area contributed by atoms with Gasteiger partial charge in [-0.05, 0) is 49.7 Å². The van der Waals surface area contributed by atoms with Crippen LogP contribution in [-0.4, -0.2) is 36.1 Å². The van der Waals surface area contributed by atoms with Crippen molar-refractivity contribution in [3.8, 4) is 0 Å². The molecule has 0 radical (unpaired) electrons. The molecule has 3 rings (SSSR count). The Morgan fingerprint density at radius 1 is 1.18 bits per heavy atom. The van der Waals surface area contributed by atoms with Gasteiger partial charge in [0.15, 0.2) is 0 Å². The molecule has 2 aromatic rings. The minimum absolute atomic E-state index is 0.00364. The minimum atomic E-state index is -4.25. The lowest BCUT2D eigenvalue weighted by Gasteiger charge is -2.38. The first-order chi connectivity index (χ1) is 13.3. The summed E-state index contributed by atoms with van der Waals surface area (Å²) >= 11 is 0. The molecule has 1 fully saturated rings. The normalized spacial score (nSPS) is 20.3. The van der Waals surface area contributed by atoms with E-state index in [9.17, 15) is 18.0 Å². The Balaban J connectivity index is 1.62. The molecule has 1 aliphatic carbocycles. The van der Waals surface area contributed by atoms with E-state index in [1.807, 2.05) is 19.2 Å². The van der Waals surface area contributed by atoms with E-state index in [1.165, 1.54) is 24.3 Å². The molecule has 1 aromatic carbocycles. The predicted octanol–water partition coefficient (Wildman–Crippen LogP) is 4.56. The minimum Gasteiger partial charge on any atom is -0.468 e. The van der Waals surface area contributed by atoms with E-state index in [0.29, 0.717) is 12.1 Å². The van der Waals surface area contributed by atoms with E-state index in [0.717, 1.165) is 31.4 Å². The molecule has 2 atom stereocenters. The molecule has 7 heteroatoms. The number of carbonyl (C=O) groups excluding carboxylic acids is 1. The highest BCUT2D eigenvalue weighted by atomic mass is 19.4. The van der Waals surface area contributed by atoms with Crippen molar-refractivity contribution in [3.63, 3.8) is 0 Å². The van der Waals surface area contributed by atoms with Crippen molar-refractivity contribution in [2.24, 2.45) is 0 Å². The lowest BCUT2D eigenvalue weighted by atomic mass is 9.89. The zero-order valence-electron chi connectivity index (χ0n) is 15.8. The van der Waals surface area contributed by atoms with Gasteiger partial charge in [0, 0.05) is 17.6 Å². The Morgan fingerprint density at radius 2 is 1.89 bits per heavy atom. The molecule has 28 heavy (non-hydrogen) atoms. The number of nitrogens with one attached hydrogen (secondary N) is 1. The molecule has 4 nitrogen and oxygen atoms in total. The summed E-state index contributed by atoms with van der Waals surface area (Å²) in [5.74, 6) is 0.625. The van der Waals surface area contributed by atoms with Crippen LogP contribution in [0.1, 0.15) is 47.4 Å². The molecule has 1 saturated carbocycles. The fraction of sp³-hybridized carbons (Fsp3) is 0.476. The number of halogens is 3. The maximum atomic E-state index is 12.6. The lowest BCUT2D eigenvalue weighted by Crippen LogP contribution is -2.51. The average Bonchev–Trinajstić information content (AvgIpc) is 3.14. The van der Waals surface area contributed by atoms with Crippen LogP contribution >= 0.6 is 0 Å². The third-order valence-electron chi connectivity index (χ3n) is 5.22. The summed E-state index contributed by atoms with van der Waals surface area (Å²) < 4.78 is 42.8. The average molecular weight is 394 g/mol. The molecule has 0 saturated heterocycles. The van der Waals surface area contributed by atoms with Crippen molar-refractivity contribution in [1.82, 2.24) is 10.2 Å². The highest BCUT2D eigenvalue weighted by Crippen LogP contribution is 2.25. The molecule has 1 aromatic heterocycles. The Kier molecular flexibility index (Phi) is 6.44.